The molecular weight excluding hydrogens is 348 g/mol. The van der Waals surface area contributed by atoms with Crippen LogP contribution in [-0.2, 0) is 9.53 Å². The Bertz CT molecular complexity index is 773. The van der Waals surface area contributed by atoms with Crippen molar-refractivity contribution in [3.05, 3.63) is 77.0 Å². The zero-order valence-electron chi connectivity index (χ0n) is 14.9. The zero-order valence-corrected chi connectivity index (χ0v) is 16.6. The van der Waals surface area contributed by atoms with E-state index in [2.05, 4.69) is 43.1 Å². The van der Waals surface area contributed by atoms with Crippen molar-refractivity contribution in [3.8, 4) is 0 Å². The third kappa shape index (κ3) is 5.20. The molecule has 0 saturated carbocycles. The van der Waals surface area contributed by atoms with Crippen molar-refractivity contribution in [1.29, 1.82) is 0 Å². The quantitative estimate of drug-likeness (QED) is 0.407. The first-order chi connectivity index (χ1) is 11.9. The van der Waals surface area contributed by atoms with Crippen LogP contribution in [0.4, 0.5) is 0 Å². The lowest BCUT2D eigenvalue weighted by atomic mass is 10.2. The maximum Gasteiger partial charge on any atom is 0.310 e. The Kier molecular flexibility index (Phi) is 6.83. The van der Waals surface area contributed by atoms with Gasteiger partial charge in [-0.1, -0.05) is 72.3 Å². The molecule has 0 bridgehead atoms. The monoisotopic (exact) mass is 370 g/mol. The summed E-state index contributed by atoms with van der Waals surface area (Å²) in [5.41, 5.74) is 4.48. The molecule has 2 aromatic rings. The van der Waals surface area contributed by atoms with Crippen LogP contribution < -0.4 is 5.19 Å². The van der Waals surface area contributed by atoms with Gasteiger partial charge < -0.3 is 4.74 Å². The van der Waals surface area contributed by atoms with Crippen LogP contribution in [0, 0.1) is 0 Å². The number of hydrogen-bond donors (Lipinski definition) is 0. The van der Waals surface area contributed by atoms with Crippen LogP contribution in [-0.4, -0.2) is 20.7 Å². The van der Waals surface area contributed by atoms with Crippen molar-refractivity contribution in [2.45, 2.75) is 26.4 Å². The first-order valence-electron chi connectivity index (χ1n) is 8.38. The topological polar surface area (TPSA) is 26.3 Å². The van der Waals surface area contributed by atoms with Gasteiger partial charge in [0.15, 0.2) is 0 Å². The van der Waals surface area contributed by atoms with Crippen LogP contribution >= 0.6 is 11.6 Å². The molecule has 0 heterocycles. The second-order valence-electron chi connectivity index (χ2n) is 6.23. The fourth-order valence-corrected chi connectivity index (χ4v) is 5.49. The smallest absolute Gasteiger partial charge is 0.310 e. The minimum atomic E-state index is -1.98. The molecule has 2 rings (SSSR count). The number of halogens is 1. The predicted molar refractivity (Wildman–Crippen MR) is 108 cm³/mol. The van der Waals surface area contributed by atoms with E-state index in [9.17, 15) is 4.79 Å². The summed E-state index contributed by atoms with van der Waals surface area (Å²) in [6.45, 7) is 6.78. The van der Waals surface area contributed by atoms with E-state index < -0.39 is 8.07 Å². The number of carbonyl (C=O) groups is 1. The Morgan fingerprint density at radius 1 is 1.12 bits per heavy atom. The molecule has 130 valence electrons. The van der Waals surface area contributed by atoms with E-state index in [0.717, 1.165) is 10.8 Å². The average Bonchev–Trinajstić information content (AvgIpc) is 2.61. The molecule has 0 unspecified atom stereocenters. The lowest BCUT2D eigenvalue weighted by molar-refractivity contribution is -0.142. The van der Waals surface area contributed by atoms with E-state index in [-0.39, 0.29) is 12.4 Å². The standard InChI is InChI=1S/C21H23ClO2Si/c1-4-24-21(23)12-8-11-20(17-13-15-18(22)16-14-17)25(2,3)19-9-6-5-7-10-19/h5-10,13-16H,4,12H2,1-3H3. The number of benzene rings is 2. The molecule has 0 aliphatic carbocycles. The van der Waals surface area contributed by atoms with Gasteiger partial charge in [0.2, 0.25) is 0 Å². The molecule has 25 heavy (non-hydrogen) atoms. The molecule has 4 heteroatoms. The van der Waals surface area contributed by atoms with E-state index >= 15 is 0 Å². The van der Waals surface area contributed by atoms with Crippen molar-refractivity contribution in [1.82, 2.24) is 0 Å². The molecule has 0 atom stereocenters. The zero-order chi connectivity index (χ0) is 18.3. The van der Waals surface area contributed by atoms with Crippen LogP contribution in [0.1, 0.15) is 18.9 Å². The highest BCUT2D eigenvalue weighted by Gasteiger charge is 2.29. The molecule has 0 spiro atoms. The van der Waals surface area contributed by atoms with Gasteiger partial charge in [-0.05, 0) is 35.9 Å². The summed E-state index contributed by atoms with van der Waals surface area (Å²) in [5.74, 6) is -0.232. The van der Waals surface area contributed by atoms with Crippen LogP contribution in [0.25, 0.3) is 5.20 Å². The Hall–Kier alpha value is -2.06. The van der Waals surface area contributed by atoms with Crippen LogP contribution in [0.5, 0.6) is 0 Å². The number of hydrogen-bond acceptors (Lipinski definition) is 2. The Morgan fingerprint density at radius 3 is 2.36 bits per heavy atom. The van der Waals surface area contributed by atoms with Gasteiger partial charge in [0.05, 0.1) is 13.0 Å². The Morgan fingerprint density at radius 2 is 1.76 bits per heavy atom. The summed E-state index contributed by atoms with van der Waals surface area (Å²) in [6, 6.07) is 18.3. The van der Waals surface area contributed by atoms with Gasteiger partial charge in [0.1, 0.15) is 8.07 Å². The molecule has 2 nitrogen and oxygen atoms in total. The maximum absolute atomic E-state index is 11.6. The third-order valence-corrected chi connectivity index (χ3v) is 7.79. The normalized spacial score (nSPS) is 10.7. The summed E-state index contributed by atoms with van der Waals surface area (Å²) >= 11 is 6.04. The summed E-state index contributed by atoms with van der Waals surface area (Å²) in [7, 11) is -1.98. The van der Waals surface area contributed by atoms with Gasteiger partial charge in [0, 0.05) is 5.02 Å². The molecule has 0 fully saturated rings. The number of ether oxygens (including phenoxy) is 1. The molecule has 0 aliphatic heterocycles. The fourth-order valence-electron chi connectivity index (χ4n) is 2.70. The number of rotatable bonds is 6. The summed E-state index contributed by atoms with van der Waals surface area (Å²) in [5, 5.41) is 3.16. The van der Waals surface area contributed by atoms with Crippen molar-refractivity contribution >= 4 is 36.0 Å². The van der Waals surface area contributed by atoms with E-state index in [1.807, 2.05) is 37.3 Å². The highest BCUT2D eigenvalue weighted by atomic mass is 35.5. The van der Waals surface area contributed by atoms with E-state index in [1.165, 1.54) is 5.19 Å². The molecule has 0 amide bonds. The van der Waals surface area contributed by atoms with Crippen molar-refractivity contribution < 1.29 is 9.53 Å². The number of esters is 1. The van der Waals surface area contributed by atoms with E-state index in [1.54, 1.807) is 6.08 Å². The predicted octanol–water partition coefficient (Wildman–Crippen LogP) is 4.99. The SMILES string of the molecule is CCOC(=O)CC=C=C(c1ccc(Cl)cc1)[Si](C)(C)c1ccccc1. The highest BCUT2D eigenvalue weighted by Crippen LogP contribution is 2.26. The molecule has 0 aromatic heterocycles. The van der Waals surface area contributed by atoms with Crippen LogP contribution in [0.3, 0.4) is 0 Å². The minimum absolute atomic E-state index is 0.226. The largest absolute Gasteiger partial charge is 0.466 e. The Labute approximate surface area is 155 Å². The lowest BCUT2D eigenvalue weighted by Gasteiger charge is -2.25. The molecule has 0 saturated heterocycles. The minimum Gasteiger partial charge on any atom is -0.466 e. The molecule has 0 N–H and O–H groups in total. The van der Waals surface area contributed by atoms with Crippen LogP contribution in [0.2, 0.25) is 18.1 Å². The third-order valence-electron chi connectivity index (χ3n) is 4.07. The fraction of sp³-hybridized carbons (Fsp3) is 0.238. The van der Waals surface area contributed by atoms with Gasteiger partial charge >= 0.3 is 5.97 Å². The lowest BCUT2D eigenvalue weighted by Crippen LogP contribution is -2.42. The van der Waals surface area contributed by atoms with Gasteiger partial charge in [-0.25, -0.2) is 0 Å². The summed E-state index contributed by atoms with van der Waals surface area (Å²) in [4.78, 5) is 11.6. The van der Waals surface area contributed by atoms with Gasteiger partial charge in [0.25, 0.3) is 0 Å². The van der Waals surface area contributed by atoms with E-state index in [4.69, 9.17) is 16.3 Å². The first-order valence-corrected chi connectivity index (χ1v) is 11.8. The molecular formula is C21H23ClO2Si. The molecule has 2 aromatic carbocycles. The maximum atomic E-state index is 11.6. The average molecular weight is 371 g/mol. The van der Waals surface area contributed by atoms with Gasteiger partial charge in [-0.3, -0.25) is 4.79 Å². The summed E-state index contributed by atoms with van der Waals surface area (Å²) < 4.78 is 4.99. The molecule has 0 aliphatic rings. The van der Waals surface area contributed by atoms with Crippen molar-refractivity contribution in [2.24, 2.45) is 0 Å². The van der Waals surface area contributed by atoms with Gasteiger partial charge in [-0.15, -0.1) is 5.73 Å². The van der Waals surface area contributed by atoms with Crippen LogP contribution in [0.15, 0.2) is 66.4 Å². The Balaban J connectivity index is 2.47. The number of carbonyl (C=O) groups excluding carboxylic acids is 1. The highest BCUT2D eigenvalue weighted by molar-refractivity contribution is 7.04. The second kappa shape index (κ2) is 8.86. The van der Waals surface area contributed by atoms with Gasteiger partial charge in [-0.2, -0.15) is 0 Å². The summed E-state index contributed by atoms with van der Waals surface area (Å²) in [6.07, 6.45) is 2.00. The van der Waals surface area contributed by atoms with Crippen molar-refractivity contribution in [2.75, 3.05) is 6.61 Å². The second-order valence-corrected chi connectivity index (χ2v) is 11.0. The first kappa shape index (κ1) is 19.3. The van der Waals surface area contributed by atoms with Crippen molar-refractivity contribution in [3.63, 3.8) is 0 Å². The molecule has 0 radical (unpaired) electrons. The van der Waals surface area contributed by atoms with E-state index in [0.29, 0.717) is 11.6 Å².